The number of ketones is 1. The van der Waals surface area contributed by atoms with Gasteiger partial charge in [0.15, 0.2) is 5.78 Å². The SMILES string of the molecule is CCN(CCN(C)C)c1ccc(C(=O)Cc2n[nH]c3c2CN(S(=O)(=O)c2cc(F)cc(F)c2)CC3)c(NC2CCOCC2)c1. The van der Waals surface area contributed by atoms with E-state index in [9.17, 15) is 22.0 Å². The first-order chi connectivity index (χ1) is 21.0. The summed E-state index contributed by atoms with van der Waals surface area (Å²) in [5, 5.41) is 10.9. The molecule has 44 heavy (non-hydrogen) atoms. The van der Waals surface area contributed by atoms with Crippen molar-refractivity contribution in [3.05, 3.63) is 70.5 Å². The van der Waals surface area contributed by atoms with Gasteiger partial charge in [0.25, 0.3) is 0 Å². The second-order valence-electron chi connectivity index (χ2n) is 11.6. The van der Waals surface area contributed by atoms with E-state index >= 15 is 0 Å². The zero-order chi connectivity index (χ0) is 31.4. The van der Waals surface area contributed by atoms with Gasteiger partial charge in [-0.15, -0.1) is 0 Å². The summed E-state index contributed by atoms with van der Waals surface area (Å²) >= 11 is 0. The molecular weight excluding hydrogens is 590 g/mol. The van der Waals surface area contributed by atoms with E-state index in [0.29, 0.717) is 42.5 Å². The largest absolute Gasteiger partial charge is 0.381 e. The molecule has 0 aliphatic carbocycles. The molecule has 2 aromatic carbocycles. The van der Waals surface area contributed by atoms with Gasteiger partial charge < -0.3 is 19.9 Å². The molecular formula is C31H40F2N6O4S. The quantitative estimate of drug-likeness (QED) is 0.291. The minimum atomic E-state index is -4.18. The van der Waals surface area contributed by atoms with E-state index in [1.54, 1.807) is 0 Å². The number of benzene rings is 2. The fourth-order valence-corrected chi connectivity index (χ4v) is 7.15. The van der Waals surface area contributed by atoms with Crippen molar-refractivity contribution in [3.63, 3.8) is 0 Å². The highest BCUT2D eigenvalue weighted by molar-refractivity contribution is 7.89. The van der Waals surface area contributed by atoms with Crippen molar-refractivity contribution in [2.24, 2.45) is 0 Å². The number of hydrogen-bond donors (Lipinski definition) is 2. The van der Waals surface area contributed by atoms with Crippen LogP contribution in [0.4, 0.5) is 20.2 Å². The van der Waals surface area contributed by atoms with Crippen molar-refractivity contribution in [3.8, 4) is 0 Å². The zero-order valence-corrected chi connectivity index (χ0v) is 26.2. The summed E-state index contributed by atoms with van der Waals surface area (Å²) in [4.78, 5) is 17.8. The van der Waals surface area contributed by atoms with Gasteiger partial charge in [-0.05, 0) is 64.2 Å². The molecule has 0 atom stereocenters. The average Bonchev–Trinajstić information content (AvgIpc) is 3.39. The van der Waals surface area contributed by atoms with Gasteiger partial charge in [0.05, 0.1) is 17.0 Å². The Morgan fingerprint density at radius 2 is 1.84 bits per heavy atom. The number of likely N-dealkylation sites (N-methyl/N-ethyl adjacent to an activating group) is 2. The van der Waals surface area contributed by atoms with E-state index in [1.807, 2.05) is 32.3 Å². The van der Waals surface area contributed by atoms with Crippen molar-refractivity contribution >= 4 is 27.2 Å². The number of halogens is 2. The summed E-state index contributed by atoms with van der Waals surface area (Å²) in [6, 6.07) is 8.28. The average molecular weight is 631 g/mol. The number of aromatic nitrogens is 2. The Labute approximate surface area is 257 Å². The minimum absolute atomic E-state index is 0.0335. The number of H-pyrrole nitrogens is 1. The maximum absolute atomic E-state index is 13.8. The molecule has 1 saturated heterocycles. The van der Waals surface area contributed by atoms with Gasteiger partial charge in [-0.2, -0.15) is 9.40 Å². The summed E-state index contributed by atoms with van der Waals surface area (Å²) in [5.74, 6) is -2.08. The highest BCUT2D eigenvalue weighted by Gasteiger charge is 2.32. The van der Waals surface area contributed by atoms with E-state index in [4.69, 9.17) is 4.74 Å². The third-order valence-corrected chi connectivity index (χ3v) is 10.1. The minimum Gasteiger partial charge on any atom is -0.381 e. The Morgan fingerprint density at radius 3 is 2.52 bits per heavy atom. The van der Waals surface area contributed by atoms with Crippen molar-refractivity contribution < 1.29 is 26.7 Å². The lowest BCUT2D eigenvalue weighted by molar-refractivity contribution is 0.0904. The topological polar surface area (TPSA) is 111 Å². The lowest BCUT2D eigenvalue weighted by Gasteiger charge is -2.28. The monoisotopic (exact) mass is 630 g/mol. The molecule has 0 amide bonds. The second kappa shape index (κ2) is 13.7. The predicted octanol–water partition coefficient (Wildman–Crippen LogP) is 3.84. The van der Waals surface area contributed by atoms with E-state index in [2.05, 4.69) is 32.2 Å². The van der Waals surface area contributed by atoms with Crippen LogP contribution in [0.15, 0.2) is 41.3 Å². The molecule has 3 heterocycles. The zero-order valence-electron chi connectivity index (χ0n) is 25.4. The Hall–Kier alpha value is -3.39. The third-order valence-electron chi connectivity index (χ3n) is 8.23. The smallest absolute Gasteiger partial charge is 0.243 e. The van der Waals surface area contributed by atoms with Crippen LogP contribution in [0.2, 0.25) is 0 Å². The number of hydrogen-bond acceptors (Lipinski definition) is 8. The number of sulfonamides is 1. The van der Waals surface area contributed by atoms with Crippen molar-refractivity contribution in [2.45, 2.75) is 50.1 Å². The molecule has 3 aromatic rings. The summed E-state index contributed by atoms with van der Waals surface area (Å²) in [7, 11) is -0.0968. The predicted molar refractivity (Wildman–Crippen MR) is 165 cm³/mol. The summed E-state index contributed by atoms with van der Waals surface area (Å²) in [6.45, 7) is 6.03. The number of carbonyl (C=O) groups is 1. The molecule has 0 spiro atoms. The van der Waals surface area contributed by atoms with Crippen LogP contribution in [-0.2, 0) is 34.1 Å². The van der Waals surface area contributed by atoms with Crippen molar-refractivity contribution in [2.75, 3.05) is 63.7 Å². The number of ether oxygens (including phenoxy) is 1. The first-order valence-corrected chi connectivity index (χ1v) is 16.4. The standard InChI is InChI=1S/C31H40F2N6O4S/c1-4-38(12-11-37(2)3)24-5-6-26(29(18-24)34-23-8-13-43-14-9-23)31(40)19-30-27-20-39(10-7-28(27)35-36-30)44(41,42)25-16-21(32)15-22(33)17-25/h5-6,15-18,23,34H,4,7-14,19-20H2,1-3H3,(H,35,36). The normalized spacial score (nSPS) is 16.2. The van der Waals surface area contributed by atoms with Crippen LogP contribution in [0.5, 0.6) is 0 Å². The maximum atomic E-state index is 13.8. The number of fused-ring (bicyclic) bond motifs is 1. The van der Waals surface area contributed by atoms with Crippen molar-refractivity contribution in [1.82, 2.24) is 19.4 Å². The molecule has 238 valence electrons. The van der Waals surface area contributed by atoms with Crippen molar-refractivity contribution in [1.29, 1.82) is 0 Å². The Bertz CT molecular complexity index is 1570. The molecule has 0 unspecified atom stereocenters. The van der Waals surface area contributed by atoms with E-state index in [-0.39, 0.29) is 31.3 Å². The van der Waals surface area contributed by atoms with Gasteiger partial charge in [0, 0.05) is 92.7 Å². The maximum Gasteiger partial charge on any atom is 0.243 e. The Balaban J connectivity index is 1.39. The van der Waals surface area contributed by atoms with Gasteiger partial charge in [0.2, 0.25) is 10.0 Å². The van der Waals surface area contributed by atoms with Crippen LogP contribution in [0.25, 0.3) is 0 Å². The molecule has 0 bridgehead atoms. The third kappa shape index (κ3) is 7.28. The molecule has 2 aliphatic rings. The van der Waals surface area contributed by atoms with Crippen LogP contribution < -0.4 is 10.2 Å². The second-order valence-corrected chi connectivity index (χ2v) is 13.5. The van der Waals surface area contributed by atoms with E-state index in [1.165, 1.54) is 4.31 Å². The highest BCUT2D eigenvalue weighted by atomic mass is 32.2. The number of nitrogens with one attached hydrogen (secondary N) is 2. The number of rotatable bonds is 12. The van der Waals surface area contributed by atoms with Gasteiger partial charge >= 0.3 is 0 Å². The van der Waals surface area contributed by atoms with Crippen LogP contribution in [0.3, 0.4) is 0 Å². The van der Waals surface area contributed by atoms with Crippen LogP contribution in [0.1, 0.15) is 47.1 Å². The molecule has 10 nitrogen and oxygen atoms in total. The Kier molecular flexibility index (Phi) is 9.98. The number of aromatic amines is 1. The highest BCUT2D eigenvalue weighted by Crippen LogP contribution is 2.30. The molecule has 0 radical (unpaired) electrons. The molecule has 13 heteroatoms. The number of carbonyl (C=O) groups excluding carboxylic acids is 1. The first-order valence-electron chi connectivity index (χ1n) is 15.0. The Morgan fingerprint density at radius 1 is 1.11 bits per heavy atom. The molecule has 2 aliphatic heterocycles. The summed E-state index contributed by atoms with van der Waals surface area (Å²) in [5.41, 5.74) is 4.13. The van der Waals surface area contributed by atoms with Crippen LogP contribution in [-0.4, -0.2) is 93.1 Å². The lowest BCUT2D eigenvalue weighted by atomic mass is 9.98. The van der Waals surface area contributed by atoms with Gasteiger partial charge in [-0.25, -0.2) is 17.2 Å². The summed E-state index contributed by atoms with van der Waals surface area (Å²) in [6.07, 6.45) is 1.97. The molecule has 0 saturated carbocycles. The van der Waals surface area contributed by atoms with Gasteiger partial charge in [-0.3, -0.25) is 9.89 Å². The fraction of sp³-hybridized carbons (Fsp3) is 0.484. The van der Waals surface area contributed by atoms with E-state index < -0.39 is 26.6 Å². The molecule has 2 N–H and O–H groups in total. The van der Waals surface area contributed by atoms with E-state index in [0.717, 1.165) is 61.7 Å². The lowest BCUT2D eigenvalue weighted by Crippen LogP contribution is -2.36. The number of nitrogens with zero attached hydrogens (tertiary/aromatic N) is 4. The molecule has 1 fully saturated rings. The number of Topliss-reactive ketones (excluding diaryl/α,β-unsaturated/α-hetero) is 1. The number of anilines is 2. The van der Waals surface area contributed by atoms with Crippen LogP contribution in [0, 0.1) is 11.6 Å². The van der Waals surface area contributed by atoms with Gasteiger partial charge in [0.1, 0.15) is 11.6 Å². The van der Waals surface area contributed by atoms with Gasteiger partial charge in [-0.1, -0.05) is 0 Å². The first kappa shape index (κ1) is 32.0. The van der Waals surface area contributed by atoms with Crippen LogP contribution >= 0.6 is 0 Å². The summed E-state index contributed by atoms with van der Waals surface area (Å²) < 4.78 is 60.9. The molecule has 1 aromatic heterocycles. The molecule has 5 rings (SSSR count). The fourth-order valence-electron chi connectivity index (χ4n) is 5.70.